The third kappa shape index (κ3) is 7.00. The van der Waals surface area contributed by atoms with Crippen LogP contribution in [0.1, 0.15) is 42.8 Å². The Labute approximate surface area is 242 Å². The minimum atomic E-state index is -3.36. The number of nitrogens with zero attached hydrogens (tertiary/aromatic N) is 6. The van der Waals surface area contributed by atoms with E-state index in [1.807, 2.05) is 11.8 Å². The van der Waals surface area contributed by atoms with Gasteiger partial charge in [0.2, 0.25) is 5.91 Å². The van der Waals surface area contributed by atoms with Gasteiger partial charge in [0.05, 0.1) is 10.1 Å². The van der Waals surface area contributed by atoms with E-state index in [1.165, 1.54) is 23.5 Å². The molecule has 1 saturated carbocycles. The molecule has 218 valence electrons. The number of nitrogens with one attached hydrogen (secondary N) is 1. The second-order valence-corrected chi connectivity index (χ2v) is 13.7. The zero-order chi connectivity index (χ0) is 29.1. The van der Waals surface area contributed by atoms with Crippen molar-refractivity contribution < 1.29 is 22.8 Å². The summed E-state index contributed by atoms with van der Waals surface area (Å²) in [6.45, 7) is 6.55. The minimum absolute atomic E-state index is 0.0118. The first kappa shape index (κ1) is 28.9. The molecule has 0 spiro atoms. The summed E-state index contributed by atoms with van der Waals surface area (Å²) in [5.74, 6) is -0.450. The average molecular weight is 600 g/mol. The zero-order valence-electron chi connectivity index (χ0n) is 23.2. The van der Waals surface area contributed by atoms with E-state index in [0.717, 1.165) is 18.0 Å². The molecule has 41 heavy (non-hydrogen) atoms. The predicted octanol–water partition coefficient (Wildman–Crippen LogP) is 2.42. The fourth-order valence-electron chi connectivity index (χ4n) is 4.76. The third-order valence-electron chi connectivity index (χ3n) is 7.04. The molecule has 1 saturated heterocycles. The summed E-state index contributed by atoms with van der Waals surface area (Å²) >= 11 is 1.36. The molecule has 2 fully saturated rings. The van der Waals surface area contributed by atoms with Crippen molar-refractivity contribution in [1.82, 2.24) is 24.6 Å². The number of anilines is 1. The van der Waals surface area contributed by atoms with Crippen LogP contribution in [0.15, 0.2) is 52.8 Å². The van der Waals surface area contributed by atoms with Crippen LogP contribution in [-0.2, 0) is 44.5 Å². The van der Waals surface area contributed by atoms with Crippen molar-refractivity contribution in [2.24, 2.45) is 12.2 Å². The molecule has 1 aliphatic heterocycles. The number of oxime groups is 1. The lowest BCUT2D eigenvalue weighted by molar-refractivity contribution is -0.133. The predicted molar refractivity (Wildman–Crippen MR) is 154 cm³/mol. The zero-order valence-corrected chi connectivity index (χ0v) is 24.8. The normalized spacial score (nSPS) is 18.4. The van der Waals surface area contributed by atoms with Gasteiger partial charge in [0.1, 0.15) is 5.69 Å². The van der Waals surface area contributed by atoms with Crippen molar-refractivity contribution in [3.63, 3.8) is 0 Å². The number of aromatic nitrogens is 3. The highest BCUT2D eigenvalue weighted by Crippen LogP contribution is 2.33. The molecule has 3 aromatic rings. The van der Waals surface area contributed by atoms with Crippen molar-refractivity contribution >= 4 is 43.8 Å². The van der Waals surface area contributed by atoms with Crippen molar-refractivity contribution in [1.29, 1.82) is 0 Å². The van der Waals surface area contributed by atoms with E-state index in [2.05, 4.69) is 25.5 Å². The fourth-order valence-corrected chi connectivity index (χ4v) is 7.27. The largest absolute Gasteiger partial charge is 0.389 e. The van der Waals surface area contributed by atoms with E-state index in [1.54, 1.807) is 49.2 Å². The second-order valence-electron chi connectivity index (χ2n) is 10.3. The number of carbonyl (C=O) groups excluding carboxylic acids is 2. The Balaban J connectivity index is 1.28. The van der Waals surface area contributed by atoms with Gasteiger partial charge in [-0.1, -0.05) is 17.3 Å². The van der Waals surface area contributed by atoms with E-state index in [4.69, 9.17) is 4.84 Å². The van der Waals surface area contributed by atoms with Crippen LogP contribution < -0.4 is 5.32 Å². The third-order valence-corrected chi connectivity index (χ3v) is 10.2. The van der Waals surface area contributed by atoms with Gasteiger partial charge in [0.15, 0.2) is 27.3 Å². The maximum atomic E-state index is 13.4. The van der Waals surface area contributed by atoms with Crippen LogP contribution in [-0.4, -0.2) is 81.4 Å². The van der Waals surface area contributed by atoms with Gasteiger partial charge in [-0.05, 0) is 38.0 Å². The number of amides is 2. The number of rotatable bonds is 10. The summed E-state index contributed by atoms with van der Waals surface area (Å²) in [5, 5.41) is 11.2. The highest BCUT2D eigenvalue weighted by Gasteiger charge is 2.37. The highest BCUT2D eigenvalue weighted by atomic mass is 32.2. The van der Waals surface area contributed by atoms with Crippen LogP contribution >= 0.6 is 11.3 Å². The first-order chi connectivity index (χ1) is 19.6. The maximum absolute atomic E-state index is 13.4. The van der Waals surface area contributed by atoms with Gasteiger partial charge in [0, 0.05) is 69.0 Å². The molecule has 1 aromatic carbocycles. The van der Waals surface area contributed by atoms with Crippen LogP contribution in [0.5, 0.6) is 0 Å². The smallest absolute Gasteiger partial charge is 0.280 e. The average Bonchev–Trinajstić information content (AvgIpc) is 3.59. The van der Waals surface area contributed by atoms with Crippen molar-refractivity contribution in [2.75, 3.05) is 25.0 Å². The van der Waals surface area contributed by atoms with Crippen LogP contribution in [0.25, 0.3) is 0 Å². The molecule has 5 rings (SSSR count). The molecule has 1 aliphatic carbocycles. The Morgan fingerprint density at radius 1 is 1.17 bits per heavy atom. The molecule has 1 atom stereocenters. The Kier molecular flexibility index (Phi) is 8.52. The number of benzene rings is 1. The lowest BCUT2D eigenvalue weighted by Crippen LogP contribution is -2.52. The molecular formula is C27H33N7O5S2. The van der Waals surface area contributed by atoms with Crippen LogP contribution in [0.4, 0.5) is 5.13 Å². The molecule has 12 nitrogen and oxygen atoms in total. The fraction of sp³-hybridized carbons (Fsp3) is 0.444. The molecule has 0 bridgehead atoms. The molecule has 1 N–H and O–H groups in total. The number of hydrogen-bond donors (Lipinski definition) is 1. The van der Waals surface area contributed by atoms with E-state index >= 15 is 0 Å². The second kappa shape index (κ2) is 12.1. The SMILES string of the molecule is CC(=O)N1CCN(Cc2cnc(NC(=O)/C(=N/OCc3ccn(C)n3)c3ccc(S(=O)(=O)C4CC4)cc3)s2)C[C@@H]1C. The van der Waals surface area contributed by atoms with Gasteiger partial charge < -0.3 is 9.74 Å². The topological polar surface area (TPSA) is 139 Å². The standard InChI is InChI=1S/C27H33N7O5S2/c1-18-15-33(12-13-34(18)19(2)35)16-22-14-28-27(40-22)29-26(36)25(31-39-17-21-10-11-32(3)30-21)20-4-6-23(7-5-20)41(37,38)24-8-9-24/h4-7,10-11,14,18,24H,8-9,12-13,15-17H2,1-3H3,(H,28,29,36)/b31-25+/t18-/m0/s1. The van der Waals surface area contributed by atoms with Crippen LogP contribution in [0, 0.1) is 0 Å². The van der Waals surface area contributed by atoms with Gasteiger partial charge in [-0.3, -0.25) is 24.5 Å². The quantitative estimate of drug-likeness (QED) is 0.277. The summed E-state index contributed by atoms with van der Waals surface area (Å²) in [6.07, 6.45) is 4.85. The summed E-state index contributed by atoms with van der Waals surface area (Å²) < 4.78 is 26.9. The lowest BCUT2D eigenvalue weighted by Gasteiger charge is -2.39. The van der Waals surface area contributed by atoms with Gasteiger partial charge in [0.25, 0.3) is 5.91 Å². The number of hydrogen-bond acceptors (Lipinski definition) is 10. The Morgan fingerprint density at radius 2 is 1.93 bits per heavy atom. The first-order valence-electron chi connectivity index (χ1n) is 13.4. The summed E-state index contributed by atoms with van der Waals surface area (Å²) in [5.41, 5.74) is 1.04. The molecule has 2 aliphatic rings. The van der Waals surface area contributed by atoms with Gasteiger partial charge in [-0.15, -0.1) is 11.3 Å². The van der Waals surface area contributed by atoms with Gasteiger partial charge in [-0.2, -0.15) is 5.10 Å². The summed E-state index contributed by atoms with van der Waals surface area (Å²) in [6, 6.07) is 8.03. The minimum Gasteiger partial charge on any atom is -0.389 e. The molecule has 3 heterocycles. The number of sulfone groups is 1. The van der Waals surface area contributed by atoms with E-state index in [9.17, 15) is 18.0 Å². The lowest BCUT2D eigenvalue weighted by atomic mass is 10.1. The molecule has 0 radical (unpaired) electrons. The number of carbonyl (C=O) groups is 2. The Bertz CT molecular complexity index is 1540. The summed E-state index contributed by atoms with van der Waals surface area (Å²) in [4.78, 5) is 40.3. The number of aryl methyl sites for hydroxylation is 1. The molecule has 2 aromatic heterocycles. The number of thiazole rings is 1. The van der Waals surface area contributed by atoms with Crippen molar-refractivity contribution in [3.05, 3.63) is 58.9 Å². The molecule has 0 unspecified atom stereocenters. The van der Waals surface area contributed by atoms with Crippen LogP contribution in [0.3, 0.4) is 0 Å². The maximum Gasteiger partial charge on any atom is 0.280 e. The Hall–Kier alpha value is -3.62. The Morgan fingerprint density at radius 3 is 2.56 bits per heavy atom. The van der Waals surface area contributed by atoms with Crippen LogP contribution in [0.2, 0.25) is 0 Å². The first-order valence-corrected chi connectivity index (χ1v) is 15.7. The van der Waals surface area contributed by atoms with Crippen molar-refractivity contribution in [2.45, 2.75) is 56.0 Å². The van der Waals surface area contributed by atoms with E-state index in [-0.39, 0.29) is 34.4 Å². The van der Waals surface area contributed by atoms with Crippen molar-refractivity contribution in [3.8, 4) is 0 Å². The monoisotopic (exact) mass is 599 g/mol. The van der Waals surface area contributed by atoms with E-state index in [0.29, 0.717) is 42.3 Å². The number of piperazine rings is 1. The molecular weight excluding hydrogens is 566 g/mol. The van der Waals surface area contributed by atoms with E-state index < -0.39 is 15.7 Å². The highest BCUT2D eigenvalue weighted by molar-refractivity contribution is 7.92. The summed E-state index contributed by atoms with van der Waals surface area (Å²) in [7, 11) is -1.57. The van der Waals surface area contributed by atoms with Gasteiger partial charge >= 0.3 is 0 Å². The van der Waals surface area contributed by atoms with Gasteiger partial charge in [-0.25, -0.2) is 13.4 Å². The molecule has 14 heteroatoms. The molecule has 2 amide bonds.